The van der Waals surface area contributed by atoms with Crippen molar-refractivity contribution in [2.45, 2.75) is 19.6 Å². The van der Waals surface area contributed by atoms with Gasteiger partial charge < -0.3 is 10.5 Å². The second-order valence-corrected chi connectivity index (χ2v) is 6.67. The topological polar surface area (TPSA) is 38.5 Å². The summed E-state index contributed by atoms with van der Waals surface area (Å²) in [6, 6.07) is 8.40. The fourth-order valence-corrected chi connectivity index (χ4v) is 3.66. The quantitative estimate of drug-likeness (QED) is 0.860. The molecule has 0 aliphatic rings. The van der Waals surface area contributed by atoms with Crippen LogP contribution in [0.15, 0.2) is 34.1 Å². The SMILES string of the molecule is COc1cc(CN(C)Cc2cc(Br)cs2)ccc1CN. The molecule has 1 aromatic heterocycles. The van der Waals surface area contributed by atoms with Crippen molar-refractivity contribution in [2.24, 2.45) is 5.73 Å². The Balaban J connectivity index is 2.02. The molecule has 1 aromatic carbocycles. The molecule has 2 aromatic rings. The Labute approximate surface area is 132 Å². The number of halogens is 1. The van der Waals surface area contributed by atoms with Gasteiger partial charge in [-0.25, -0.2) is 0 Å². The van der Waals surface area contributed by atoms with Crippen LogP contribution in [-0.2, 0) is 19.6 Å². The Bertz CT molecular complexity index is 571. The van der Waals surface area contributed by atoms with E-state index in [0.717, 1.165) is 28.9 Å². The molecular formula is C15H19BrN2OS. The summed E-state index contributed by atoms with van der Waals surface area (Å²) in [5.41, 5.74) is 7.96. The van der Waals surface area contributed by atoms with Gasteiger partial charge in [-0.1, -0.05) is 12.1 Å². The zero-order valence-corrected chi connectivity index (χ0v) is 14.1. The minimum absolute atomic E-state index is 0.502. The monoisotopic (exact) mass is 354 g/mol. The van der Waals surface area contributed by atoms with Crippen LogP contribution in [0, 0.1) is 0 Å². The van der Waals surface area contributed by atoms with E-state index in [0.29, 0.717) is 6.54 Å². The van der Waals surface area contributed by atoms with Crippen molar-refractivity contribution in [3.63, 3.8) is 0 Å². The van der Waals surface area contributed by atoms with Gasteiger partial charge in [0.05, 0.1) is 7.11 Å². The highest BCUT2D eigenvalue weighted by Crippen LogP contribution is 2.23. The van der Waals surface area contributed by atoms with Crippen molar-refractivity contribution in [1.82, 2.24) is 4.90 Å². The van der Waals surface area contributed by atoms with E-state index in [1.807, 2.05) is 6.07 Å². The van der Waals surface area contributed by atoms with E-state index in [4.69, 9.17) is 10.5 Å². The predicted molar refractivity (Wildman–Crippen MR) is 88.1 cm³/mol. The summed E-state index contributed by atoms with van der Waals surface area (Å²) in [6.45, 7) is 2.33. The van der Waals surface area contributed by atoms with E-state index in [-0.39, 0.29) is 0 Å². The van der Waals surface area contributed by atoms with Crippen molar-refractivity contribution < 1.29 is 4.74 Å². The molecule has 108 valence electrons. The Kier molecular flexibility index (Phi) is 5.60. The third kappa shape index (κ3) is 4.06. The van der Waals surface area contributed by atoms with E-state index in [9.17, 15) is 0 Å². The molecular weight excluding hydrogens is 336 g/mol. The maximum Gasteiger partial charge on any atom is 0.123 e. The molecule has 0 bridgehead atoms. The first-order valence-corrected chi connectivity index (χ1v) is 8.07. The molecule has 0 aliphatic heterocycles. The smallest absolute Gasteiger partial charge is 0.123 e. The normalized spacial score (nSPS) is 11.1. The van der Waals surface area contributed by atoms with Gasteiger partial charge in [0.15, 0.2) is 0 Å². The average Bonchev–Trinajstić information content (AvgIpc) is 2.83. The van der Waals surface area contributed by atoms with Crippen molar-refractivity contribution >= 4 is 27.3 Å². The van der Waals surface area contributed by atoms with Gasteiger partial charge in [0.25, 0.3) is 0 Å². The van der Waals surface area contributed by atoms with Crippen LogP contribution in [0.2, 0.25) is 0 Å². The lowest BCUT2D eigenvalue weighted by molar-refractivity contribution is 0.321. The summed E-state index contributed by atoms with van der Waals surface area (Å²) in [5, 5.41) is 2.11. The van der Waals surface area contributed by atoms with E-state index >= 15 is 0 Å². The summed E-state index contributed by atoms with van der Waals surface area (Å²) in [7, 11) is 3.81. The van der Waals surface area contributed by atoms with Crippen LogP contribution >= 0.6 is 27.3 Å². The van der Waals surface area contributed by atoms with Gasteiger partial charge in [-0.05, 0) is 40.7 Å². The Hall–Kier alpha value is -0.880. The fraction of sp³-hybridized carbons (Fsp3) is 0.333. The second kappa shape index (κ2) is 7.22. The molecule has 0 saturated carbocycles. The zero-order chi connectivity index (χ0) is 14.5. The predicted octanol–water partition coefficient (Wildman–Crippen LogP) is 3.61. The molecule has 0 aliphatic carbocycles. The first-order valence-electron chi connectivity index (χ1n) is 6.39. The highest BCUT2D eigenvalue weighted by molar-refractivity contribution is 9.10. The van der Waals surface area contributed by atoms with Gasteiger partial charge in [0, 0.05) is 39.9 Å². The molecule has 0 saturated heterocycles. The molecule has 2 N–H and O–H groups in total. The molecule has 0 fully saturated rings. The van der Waals surface area contributed by atoms with Gasteiger partial charge in [-0.15, -0.1) is 11.3 Å². The third-order valence-electron chi connectivity index (χ3n) is 3.07. The molecule has 0 atom stereocenters. The fourth-order valence-electron chi connectivity index (χ4n) is 2.13. The summed E-state index contributed by atoms with van der Waals surface area (Å²) < 4.78 is 6.53. The van der Waals surface area contributed by atoms with Gasteiger partial charge in [-0.3, -0.25) is 4.90 Å². The molecule has 5 heteroatoms. The third-order valence-corrected chi connectivity index (χ3v) is 4.75. The maximum atomic E-state index is 5.69. The number of methoxy groups -OCH3 is 1. The standard InChI is InChI=1S/C15H19BrN2OS/c1-18(9-14-6-13(16)10-20-14)8-11-3-4-12(7-17)15(5-11)19-2/h3-6,10H,7-9,17H2,1-2H3. The summed E-state index contributed by atoms with van der Waals surface area (Å²) in [6.07, 6.45) is 0. The van der Waals surface area contributed by atoms with Crippen LogP contribution in [-0.4, -0.2) is 19.1 Å². The van der Waals surface area contributed by atoms with E-state index in [1.54, 1.807) is 18.4 Å². The highest BCUT2D eigenvalue weighted by Gasteiger charge is 2.07. The first kappa shape index (κ1) is 15.5. The lowest BCUT2D eigenvalue weighted by atomic mass is 10.1. The lowest BCUT2D eigenvalue weighted by Crippen LogP contribution is -2.16. The van der Waals surface area contributed by atoms with E-state index in [2.05, 4.69) is 51.5 Å². The van der Waals surface area contributed by atoms with Crippen LogP contribution in [0.1, 0.15) is 16.0 Å². The minimum atomic E-state index is 0.502. The van der Waals surface area contributed by atoms with Gasteiger partial charge in [0.1, 0.15) is 5.75 Å². The van der Waals surface area contributed by atoms with E-state index < -0.39 is 0 Å². The largest absolute Gasteiger partial charge is 0.496 e. The molecule has 0 spiro atoms. The molecule has 20 heavy (non-hydrogen) atoms. The Morgan fingerprint density at radius 1 is 1.30 bits per heavy atom. The van der Waals surface area contributed by atoms with Crippen LogP contribution < -0.4 is 10.5 Å². The summed E-state index contributed by atoms with van der Waals surface area (Å²) in [4.78, 5) is 3.64. The number of benzene rings is 1. The number of nitrogens with zero attached hydrogens (tertiary/aromatic N) is 1. The average molecular weight is 355 g/mol. The lowest BCUT2D eigenvalue weighted by Gasteiger charge is -2.17. The number of ether oxygens (including phenoxy) is 1. The minimum Gasteiger partial charge on any atom is -0.496 e. The van der Waals surface area contributed by atoms with Crippen LogP contribution in [0.4, 0.5) is 0 Å². The maximum absolute atomic E-state index is 5.69. The number of hydrogen-bond donors (Lipinski definition) is 1. The van der Waals surface area contributed by atoms with Crippen LogP contribution in [0.25, 0.3) is 0 Å². The second-order valence-electron chi connectivity index (χ2n) is 4.75. The van der Waals surface area contributed by atoms with Crippen molar-refractivity contribution in [1.29, 1.82) is 0 Å². The summed E-state index contributed by atoms with van der Waals surface area (Å²) in [5.74, 6) is 0.872. The van der Waals surface area contributed by atoms with Crippen LogP contribution in [0.5, 0.6) is 5.75 Å². The first-order chi connectivity index (χ1) is 9.62. The highest BCUT2D eigenvalue weighted by atomic mass is 79.9. The molecule has 1 heterocycles. The van der Waals surface area contributed by atoms with E-state index in [1.165, 1.54) is 10.4 Å². The van der Waals surface area contributed by atoms with Gasteiger partial charge in [0.2, 0.25) is 0 Å². The zero-order valence-electron chi connectivity index (χ0n) is 11.7. The Morgan fingerprint density at radius 3 is 2.70 bits per heavy atom. The van der Waals surface area contributed by atoms with Crippen molar-refractivity contribution in [3.05, 3.63) is 50.1 Å². The molecule has 0 amide bonds. The molecule has 0 unspecified atom stereocenters. The molecule has 3 nitrogen and oxygen atoms in total. The Morgan fingerprint density at radius 2 is 2.10 bits per heavy atom. The number of nitrogens with two attached hydrogens (primary N) is 1. The number of hydrogen-bond acceptors (Lipinski definition) is 4. The number of thiophene rings is 1. The van der Waals surface area contributed by atoms with Gasteiger partial charge in [-0.2, -0.15) is 0 Å². The summed E-state index contributed by atoms with van der Waals surface area (Å²) >= 11 is 5.26. The van der Waals surface area contributed by atoms with Crippen molar-refractivity contribution in [2.75, 3.05) is 14.2 Å². The number of rotatable bonds is 6. The van der Waals surface area contributed by atoms with Gasteiger partial charge >= 0.3 is 0 Å². The van der Waals surface area contributed by atoms with Crippen molar-refractivity contribution in [3.8, 4) is 5.75 Å². The van der Waals surface area contributed by atoms with Crippen LogP contribution in [0.3, 0.4) is 0 Å². The molecule has 2 rings (SSSR count). The molecule has 0 radical (unpaired) electrons.